The van der Waals surface area contributed by atoms with Gasteiger partial charge in [0.05, 0.1) is 17.8 Å². The van der Waals surface area contributed by atoms with Crippen LogP contribution >= 0.6 is 22.6 Å². The Bertz CT molecular complexity index is 578. The van der Waals surface area contributed by atoms with Crippen LogP contribution in [0.5, 0.6) is 0 Å². The van der Waals surface area contributed by atoms with Crippen LogP contribution in [0.25, 0.3) is 0 Å². The zero-order valence-corrected chi connectivity index (χ0v) is 14.5. The smallest absolute Gasteiger partial charge is 0.240 e. The van der Waals surface area contributed by atoms with E-state index < -0.39 is 5.95 Å². The standard InChI is InChI=1S/C15H18FIN4O/c1-10(14(17)15(22)21(2)9-13(16)19)20-8-12-5-3-11(7-18)4-6-12/h3-6,9-10,14,20H,8,19H2,1-2H3/b13-9+/t10-,14?/m0/s1. The van der Waals surface area contributed by atoms with Crippen molar-refractivity contribution >= 4 is 28.5 Å². The lowest BCUT2D eigenvalue weighted by Crippen LogP contribution is -2.43. The second kappa shape index (κ2) is 8.70. The molecule has 0 saturated carbocycles. The molecule has 0 aliphatic carbocycles. The maximum atomic E-state index is 12.6. The van der Waals surface area contributed by atoms with Gasteiger partial charge in [0.1, 0.15) is 3.92 Å². The van der Waals surface area contributed by atoms with Gasteiger partial charge >= 0.3 is 0 Å². The number of carbonyl (C=O) groups excluding carboxylic acids is 1. The minimum absolute atomic E-state index is 0.111. The molecule has 1 aromatic rings. The van der Waals surface area contributed by atoms with Crippen molar-refractivity contribution in [1.29, 1.82) is 5.26 Å². The molecular weight excluding hydrogens is 398 g/mol. The number of nitriles is 1. The average Bonchev–Trinajstić information content (AvgIpc) is 2.50. The Morgan fingerprint density at radius 3 is 2.64 bits per heavy atom. The Morgan fingerprint density at radius 1 is 1.55 bits per heavy atom. The predicted molar refractivity (Wildman–Crippen MR) is 91.4 cm³/mol. The van der Waals surface area contributed by atoms with Crippen molar-refractivity contribution in [3.05, 3.63) is 47.5 Å². The van der Waals surface area contributed by atoms with Crippen LogP contribution in [0.15, 0.2) is 36.4 Å². The summed E-state index contributed by atoms with van der Waals surface area (Å²) >= 11 is 2.02. The molecule has 0 aliphatic heterocycles. The summed E-state index contributed by atoms with van der Waals surface area (Å²) in [6.45, 7) is 2.46. The second-order valence-electron chi connectivity index (χ2n) is 4.84. The number of halogens is 2. The van der Waals surface area contributed by atoms with E-state index in [2.05, 4.69) is 11.4 Å². The molecule has 7 heteroatoms. The number of nitrogens with zero attached hydrogens (tertiary/aromatic N) is 2. The van der Waals surface area contributed by atoms with E-state index in [1.807, 2.05) is 41.6 Å². The molecule has 3 N–H and O–H groups in total. The molecule has 5 nitrogen and oxygen atoms in total. The van der Waals surface area contributed by atoms with Crippen LogP contribution < -0.4 is 11.1 Å². The molecule has 2 atom stereocenters. The zero-order valence-electron chi connectivity index (χ0n) is 12.4. The molecule has 22 heavy (non-hydrogen) atoms. The van der Waals surface area contributed by atoms with Crippen LogP contribution in [-0.4, -0.2) is 27.8 Å². The summed E-state index contributed by atoms with van der Waals surface area (Å²) in [4.78, 5) is 13.2. The monoisotopic (exact) mass is 416 g/mol. The van der Waals surface area contributed by atoms with E-state index in [0.717, 1.165) is 16.7 Å². The maximum Gasteiger partial charge on any atom is 0.240 e. The van der Waals surface area contributed by atoms with Gasteiger partial charge in [-0.25, -0.2) is 0 Å². The van der Waals surface area contributed by atoms with Crippen molar-refractivity contribution in [3.8, 4) is 6.07 Å². The van der Waals surface area contributed by atoms with Crippen molar-refractivity contribution < 1.29 is 9.18 Å². The number of alkyl halides is 1. The topological polar surface area (TPSA) is 82.2 Å². The minimum Gasteiger partial charge on any atom is -0.374 e. The summed E-state index contributed by atoms with van der Waals surface area (Å²) in [6, 6.07) is 9.17. The van der Waals surface area contributed by atoms with Gasteiger partial charge in [0.2, 0.25) is 11.9 Å². The molecule has 118 valence electrons. The lowest BCUT2D eigenvalue weighted by molar-refractivity contribution is -0.127. The van der Waals surface area contributed by atoms with E-state index in [0.29, 0.717) is 12.1 Å². The second-order valence-corrected chi connectivity index (χ2v) is 6.19. The number of nitrogens with two attached hydrogens (primary N) is 1. The quantitative estimate of drug-likeness (QED) is 0.423. The first-order valence-corrected chi connectivity index (χ1v) is 7.85. The largest absolute Gasteiger partial charge is 0.374 e. The third-order valence-electron chi connectivity index (χ3n) is 3.05. The summed E-state index contributed by atoms with van der Waals surface area (Å²) in [7, 11) is 1.47. The first-order chi connectivity index (χ1) is 10.3. The number of amides is 1. The van der Waals surface area contributed by atoms with Gasteiger partial charge in [-0.1, -0.05) is 34.7 Å². The summed E-state index contributed by atoms with van der Waals surface area (Å²) in [6.07, 6.45) is 0.960. The molecular formula is C15H18FIN4O. The van der Waals surface area contributed by atoms with Crippen LogP contribution in [0.3, 0.4) is 0 Å². The van der Waals surface area contributed by atoms with E-state index in [-0.39, 0.29) is 15.9 Å². The normalized spacial score (nSPS) is 14.0. The number of nitrogens with one attached hydrogen (secondary N) is 1. The predicted octanol–water partition coefficient (Wildman–Crippen LogP) is 2.03. The Labute approximate surface area is 143 Å². The first-order valence-electron chi connectivity index (χ1n) is 6.61. The molecule has 0 bridgehead atoms. The molecule has 0 spiro atoms. The molecule has 1 aromatic carbocycles. The van der Waals surface area contributed by atoms with Gasteiger partial charge in [-0.05, 0) is 24.6 Å². The van der Waals surface area contributed by atoms with Crippen LogP contribution in [0, 0.1) is 11.3 Å². The molecule has 0 fully saturated rings. The van der Waals surface area contributed by atoms with Crippen molar-refractivity contribution in [3.63, 3.8) is 0 Å². The van der Waals surface area contributed by atoms with E-state index in [1.165, 1.54) is 7.05 Å². The number of hydrogen-bond donors (Lipinski definition) is 2. The van der Waals surface area contributed by atoms with E-state index in [9.17, 15) is 9.18 Å². The SMILES string of the molecule is C[C@H](NCc1ccc(C#N)cc1)C(I)C(=O)N(C)/C=C(/N)F. The fraction of sp³-hybridized carbons (Fsp3) is 0.333. The number of rotatable bonds is 6. The molecule has 1 rings (SSSR count). The number of hydrogen-bond acceptors (Lipinski definition) is 4. The number of benzene rings is 1. The molecule has 0 aliphatic rings. The third-order valence-corrected chi connectivity index (χ3v) is 4.66. The fourth-order valence-electron chi connectivity index (χ4n) is 1.74. The van der Waals surface area contributed by atoms with Crippen molar-refractivity contribution in [2.24, 2.45) is 5.73 Å². The molecule has 0 saturated heterocycles. The highest BCUT2D eigenvalue weighted by atomic mass is 127. The van der Waals surface area contributed by atoms with Gasteiger partial charge in [-0.2, -0.15) is 9.65 Å². The Kier molecular flexibility index (Phi) is 7.27. The van der Waals surface area contributed by atoms with Crippen LogP contribution in [0.4, 0.5) is 4.39 Å². The van der Waals surface area contributed by atoms with Gasteiger partial charge in [-0.3, -0.25) is 4.79 Å². The van der Waals surface area contributed by atoms with Crippen LogP contribution in [-0.2, 0) is 11.3 Å². The van der Waals surface area contributed by atoms with Crippen molar-refractivity contribution in [1.82, 2.24) is 10.2 Å². The maximum absolute atomic E-state index is 12.6. The summed E-state index contributed by atoms with van der Waals surface area (Å²) in [5.74, 6) is -1.14. The van der Waals surface area contributed by atoms with E-state index >= 15 is 0 Å². The van der Waals surface area contributed by atoms with Crippen molar-refractivity contribution in [2.75, 3.05) is 7.05 Å². The molecule has 0 aromatic heterocycles. The Morgan fingerprint density at radius 2 is 2.14 bits per heavy atom. The number of carbonyl (C=O) groups is 1. The summed E-state index contributed by atoms with van der Waals surface area (Å²) in [5, 5.41) is 12.0. The molecule has 0 heterocycles. The highest BCUT2D eigenvalue weighted by molar-refractivity contribution is 14.1. The van der Waals surface area contributed by atoms with Gasteiger partial charge in [0, 0.05) is 19.6 Å². The van der Waals surface area contributed by atoms with Crippen molar-refractivity contribution in [2.45, 2.75) is 23.4 Å². The van der Waals surface area contributed by atoms with E-state index in [4.69, 9.17) is 11.0 Å². The van der Waals surface area contributed by atoms with Gasteiger partial charge in [-0.15, -0.1) is 0 Å². The molecule has 1 amide bonds. The highest BCUT2D eigenvalue weighted by Crippen LogP contribution is 2.12. The first kappa shape index (κ1) is 18.4. The minimum atomic E-state index is -0.905. The van der Waals surface area contributed by atoms with E-state index in [1.54, 1.807) is 12.1 Å². The van der Waals surface area contributed by atoms with Crippen LogP contribution in [0.2, 0.25) is 0 Å². The fourth-order valence-corrected chi connectivity index (χ4v) is 2.43. The lowest BCUT2D eigenvalue weighted by atomic mass is 10.1. The van der Waals surface area contributed by atoms with Gasteiger partial charge in [0.15, 0.2) is 0 Å². The highest BCUT2D eigenvalue weighted by Gasteiger charge is 2.24. The van der Waals surface area contributed by atoms with Crippen LogP contribution in [0.1, 0.15) is 18.1 Å². The molecule has 0 radical (unpaired) electrons. The Balaban J connectivity index is 2.56. The molecule has 1 unspecified atom stereocenters. The Hall–Kier alpha value is -1.66. The third kappa shape index (κ3) is 5.61. The zero-order chi connectivity index (χ0) is 16.7. The summed E-state index contributed by atoms with van der Waals surface area (Å²) < 4.78 is 12.2. The van der Waals surface area contributed by atoms with Gasteiger partial charge in [0.25, 0.3) is 0 Å². The average molecular weight is 416 g/mol. The summed E-state index contributed by atoms with van der Waals surface area (Å²) in [5.41, 5.74) is 6.55. The van der Waals surface area contributed by atoms with Gasteiger partial charge < -0.3 is 16.0 Å². The lowest BCUT2D eigenvalue weighted by Gasteiger charge is -2.22.